The van der Waals surface area contributed by atoms with Gasteiger partial charge in [0.05, 0.1) is 0 Å². The van der Waals surface area contributed by atoms with E-state index in [0.29, 0.717) is 28.0 Å². The van der Waals surface area contributed by atoms with Gasteiger partial charge in [-0.05, 0) is 25.5 Å². The normalized spacial score (nSPS) is 11.9. The van der Waals surface area contributed by atoms with Crippen molar-refractivity contribution >= 4 is 46.7 Å². The molecule has 1 aromatic heterocycles. The van der Waals surface area contributed by atoms with Gasteiger partial charge < -0.3 is 9.26 Å². The molecule has 158 valence electrons. The Bertz CT molecular complexity index is 992. The van der Waals surface area contributed by atoms with Crippen LogP contribution in [0, 0.1) is 6.92 Å². The van der Waals surface area contributed by atoms with E-state index < -0.39 is 12.2 Å². The molecule has 1 unspecified atom stereocenters. The second kappa shape index (κ2) is 10.8. The number of rotatable bonds is 8. The molecule has 1 amide bonds. The van der Waals surface area contributed by atoms with Crippen LogP contribution in [0.25, 0.3) is 11.3 Å². The van der Waals surface area contributed by atoms with Crippen molar-refractivity contribution in [2.45, 2.75) is 25.7 Å². The van der Waals surface area contributed by atoms with Crippen molar-refractivity contribution in [3.8, 4) is 11.3 Å². The van der Waals surface area contributed by atoms with Crippen molar-refractivity contribution < 1.29 is 14.1 Å². The van der Waals surface area contributed by atoms with Crippen LogP contribution in [0.1, 0.15) is 29.8 Å². The molecular weight excluding hydrogens is 443 g/mol. The minimum absolute atomic E-state index is 0.481. The van der Waals surface area contributed by atoms with Crippen molar-refractivity contribution in [3.63, 3.8) is 0 Å². The van der Waals surface area contributed by atoms with Gasteiger partial charge in [-0.3, -0.25) is 5.32 Å². The van der Waals surface area contributed by atoms with Crippen LogP contribution < -0.4 is 5.32 Å². The zero-order chi connectivity index (χ0) is 21.5. The maximum absolute atomic E-state index is 12.5. The zero-order valence-corrected chi connectivity index (χ0v) is 19.0. The van der Waals surface area contributed by atoms with Crippen molar-refractivity contribution in [2.24, 2.45) is 0 Å². The highest BCUT2D eigenvalue weighted by Gasteiger charge is 2.20. The summed E-state index contributed by atoms with van der Waals surface area (Å²) in [7, 11) is 0. The fourth-order valence-electron chi connectivity index (χ4n) is 2.87. The molecule has 0 aliphatic carbocycles. The molecule has 0 aliphatic heterocycles. The Morgan fingerprint density at radius 3 is 2.67 bits per heavy atom. The second-order valence-electron chi connectivity index (χ2n) is 6.60. The number of nitrogens with one attached hydrogen (secondary N) is 1. The van der Waals surface area contributed by atoms with E-state index in [1.807, 2.05) is 42.5 Å². The molecule has 0 saturated heterocycles. The minimum Gasteiger partial charge on any atom is -0.441 e. The molecule has 2 aromatic carbocycles. The van der Waals surface area contributed by atoms with Gasteiger partial charge >= 0.3 is 6.09 Å². The first-order valence-electron chi connectivity index (χ1n) is 9.41. The molecule has 3 aromatic rings. The Morgan fingerprint density at radius 1 is 1.23 bits per heavy atom. The summed E-state index contributed by atoms with van der Waals surface area (Å²) < 4.78 is 11.0. The van der Waals surface area contributed by atoms with E-state index in [2.05, 4.69) is 10.5 Å². The lowest BCUT2D eigenvalue weighted by Crippen LogP contribution is -2.17. The van der Waals surface area contributed by atoms with Gasteiger partial charge in [0.1, 0.15) is 17.5 Å². The van der Waals surface area contributed by atoms with E-state index in [9.17, 15) is 4.79 Å². The predicted molar refractivity (Wildman–Crippen MR) is 124 cm³/mol. The van der Waals surface area contributed by atoms with Gasteiger partial charge in [0.2, 0.25) is 0 Å². The number of alkyl halides is 1. The Morgan fingerprint density at radius 2 is 1.97 bits per heavy atom. The molecule has 1 heterocycles. The highest BCUT2D eigenvalue weighted by molar-refractivity contribution is 7.98. The predicted octanol–water partition coefficient (Wildman–Crippen LogP) is 7.09. The smallest absolute Gasteiger partial charge is 0.412 e. The SMILES string of the molecule is Cc1noc(-c2ccc(CSCCCl)cc2)c1NC(=O)OC(C)c1ccccc1Cl. The molecule has 30 heavy (non-hydrogen) atoms. The Hall–Kier alpha value is -2.15. The summed E-state index contributed by atoms with van der Waals surface area (Å²) in [5.41, 5.74) is 3.78. The first-order valence-corrected chi connectivity index (χ1v) is 11.5. The van der Waals surface area contributed by atoms with Crippen LogP contribution in [0.4, 0.5) is 10.5 Å². The average Bonchev–Trinajstić information content (AvgIpc) is 3.09. The van der Waals surface area contributed by atoms with E-state index in [4.69, 9.17) is 32.5 Å². The number of aryl methyl sites for hydroxylation is 1. The summed E-state index contributed by atoms with van der Waals surface area (Å²) in [6.45, 7) is 3.53. The summed E-state index contributed by atoms with van der Waals surface area (Å²) >= 11 is 13.7. The highest BCUT2D eigenvalue weighted by Crippen LogP contribution is 2.32. The quantitative estimate of drug-likeness (QED) is 0.284. The van der Waals surface area contributed by atoms with Crippen LogP contribution in [0.3, 0.4) is 0 Å². The van der Waals surface area contributed by atoms with E-state index in [0.717, 1.165) is 22.6 Å². The summed E-state index contributed by atoms with van der Waals surface area (Å²) in [5, 5.41) is 7.30. The largest absolute Gasteiger partial charge is 0.441 e. The summed E-state index contributed by atoms with van der Waals surface area (Å²) in [5.74, 6) is 2.92. The van der Waals surface area contributed by atoms with Gasteiger partial charge in [-0.15, -0.1) is 11.6 Å². The Labute approximate surface area is 190 Å². The number of carbonyl (C=O) groups excluding carboxylic acids is 1. The second-order valence-corrected chi connectivity index (χ2v) is 8.49. The highest BCUT2D eigenvalue weighted by atomic mass is 35.5. The molecule has 0 aliphatic rings. The third-order valence-corrected chi connectivity index (χ3v) is 6.21. The van der Waals surface area contributed by atoms with Gasteiger partial charge in [0.15, 0.2) is 5.76 Å². The lowest BCUT2D eigenvalue weighted by Gasteiger charge is -2.15. The van der Waals surface area contributed by atoms with Gasteiger partial charge in [-0.1, -0.05) is 59.2 Å². The van der Waals surface area contributed by atoms with E-state index in [1.165, 1.54) is 5.56 Å². The molecule has 0 fully saturated rings. The monoisotopic (exact) mass is 464 g/mol. The van der Waals surface area contributed by atoms with Crippen LogP contribution in [0.15, 0.2) is 53.1 Å². The number of ether oxygens (including phenoxy) is 1. The van der Waals surface area contributed by atoms with Crippen LogP contribution in [-0.4, -0.2) is 22.9 Å². The maximum atomic E-state index is 12.5. The Kier molecular flexibility index (Phi) is 8.08. The van der Waals surface area contributed by atoms with Crippen LogP contribution in [-0.2, 0) is 10.5 Å². The topological polar surface area (TPSA) is 64.4 Å². The average molecular weight is 465 g/mol. The molecule has 0 saturated carbocycles. The lowest BCUT2D eigenvalue weighted by atomic mass is 10.1. The number of halogens is 2. The third-order valence-electron chi connectivity index (χ3n) is 4.42. The van der Waals surface area contributed by atoms with Crippen molar-refractivity contribution in [1.82, 2.24) is 5.16 Å². The van der Waals surface area contributed by atoms with E-state index in [1.54, 1.807) is 31.7 Å². The number of anilines is 1. The first-order chi connectivity index (χ1) is 14.5. The van der Waals surface area contributed by atoms with Crippen molar-refractivity contribution in [2.75, 3.05) is 16.9 Å². The molecule has 0 bridgehead atoms. The molecule has 8 heteroatoms. The number of hydrogen-bond donors (Lipinski definition) is 1. The van der Waals surface area contributed by atoms with Crippen molar-refractivity contribution in [3.05, 3.63) is 70.4 Å². The Balaban J connectivity index is 1.70. The van der Waals surface area contributed by atoms with Crippen LogP contribution in [0.2, 0.25) is 5.02 Å². The lowest BCUT2D eigenvalue weighted by molar-refractivity contribution is 0.121. The van der Waals surface area contributed by atoms with Gasteiger partial charge in [-0.25, -0.2) is 4.79 Å². The number of amides is 1. The zero-order valence-electron chi connectivity index (χ0n) is 16.7. The van der Waals surface area contributed by atoms with Gasteiger partial charge in [-0.2, -0.15) is 11.8 Å². The van der Waals surface area contributed by atoms with Crippen molar-refractivity contribution in [1.29, 1.82) is 0 Å². The standard InChI is InChI=1S/C22H22Cl2N2O3S/c1-14-20(25-22(27)28-15(2)18-5-3-4-6-19(18)24)21(29-26-14)17-9-7-16(8-10-17)13-30-12-11-23/h3-10,15H,11-13H2,1-2H3,(H,25,27). The molecule has 1 atom stereocenters. The number of nitrogens with zero attached hydrogens (tertiary/aromatic N) is 1. The third kappa shape index (κ3) is 5.72. The number of benzene rings is 2. The molecular formula is C22H22Cl2N2O3S. The summed E-state index contributed by atoms with van der Waals surface area (Å²) in [6.07, 6.45) is -1.11. The maximum Gasteiger partial charge on any atom is 0.412 e. The minimum atomic E-state index is -0.607. The van der Waals surface area contributed by atoms with Gasteiger partial charge in [0, 0.05) is 33.5 Å². The number of hydrogen-bond acceptors (Lipinski definition) is 5. The fraction of sp³-hybridized carbons (Fsp3) is 0.273. The molecule has 1 N–H and O–H groups in total. The molecule has 0 radical (unpaired) electrons. The first kappa shape index (κ1) is 22.5. The summed E-state index contributed by atoms with van der Waals surface area (Å²) in [4.78, 5) is 12.5. The summed E-state index contributed by atoms with van der Waals surface area (Å²) in [6, 6.07) is 15.2. The van der Waals surface area contributed by atoms with Gasteiger partial charge in [0.25, 0.3) is 0 Å². The molecule has 5 nitrogen and oxygen atoms in total. The van der Waals surface area contributed by atoms with E-state index in [-0.39, 0.29) is 0 Å². The van der Waals surface area contributed by atoms with Crippen LogP contribution in [0.5, 0.6) is 0 Å². The molecule has 0 spiro atoms. The number of carbonyl (C=O) groups is 1. The number of aromatic nitrogens is 1. The van der Waals surface area contributed by atoms with Crippen LogP contribution >= 0.6 is 35.0 Å². The number of thioether (sulfide) groups is 1. The molecule has 3 rings (SSSR count). The fourth-order valence-corrected chi connectivity index (χ4v) is 4.17. The van der Waals surface area contributed by atoms with E-state index >= 15 is 0 Å².